The second kappa shape index (κ2) is 8.16. The zero-order chi connectivity index (χ0) is 18.6. The SMILES string of the molecule is CCS(=O)(=O)N1CCCC(C(=O)Nc2ccc(Cl)c(C(=O)OC)c2)C1. The number of carbonyl (C=O) groups is 2. The third kappa shape index (κ3) is 4.71. The zero-order valence-electron chi connectivity index (χ0n) is 14.1. The number of nitrogens with zero attached hydrogens (tertiary/aromatic N) is 1. The maximum Gasteiger partial charge on any atom is 0.339 e. The highest BCUT2D eigenvalue weighted by atomic mass is 35.5. The first kappa shape index (κ1) is 19.7. The van der Waals surface area contributed by atoms with Crippen LogP contribution in [0.3, 0.4) is 0 Å². The second-order valence-corrected chi connectivity index (χ2v) is 8.44. The summed E-state index contributed by atoms with van der Waals surface area (Å²) in [4.78, 5) is 24.1. The number of nitrogens with one attached hydrogen (secondary N) is 1. The molecule has 0 aromatic heterocycles. The number of esters is 1. The van der Waals surface area contributed by atoms with Crippen LogP contribution in [0.4, 0.5) is 5.69 Å². The van der Waals surface area contributed by atoms with Crippen LogP contribution in [0.2, 0.25) is 5.02 Å². The van der Waals surface area contributed by atoms with E-state index in [4.69, 9.17) is 11.6 Å². The van der Waals surface area contributed by atoms with Gasteiger partial charge in [0.25, 0.3) is 0 Å². The number of piperidine rings is 1. The largest absolute Gasteiger partial charge is 0.465 e. The Labute approximate surface area is 152 Å². The van der Waals surface area contributed by atoms with E-state index in [1.165, 1.54) is 23.5 Å². The average Bonchev–Trinajstić information content (AvgIpc) is 2.62. The minimum absolute atomic E-state index is 0.0149. The van der Waals surface area contributed by atoms with Crippen LogP contribution in [-0.4, -0.2) is 50.6 Å². The summed E-state index contributed by atoms with van der Waals surface area (Å²) in [6.07, 6.45) is 1.24. The van der Waals surface area contributed by atoms with Gasteiger partial charge in [-0.15, -0.1) is 0 Å². The van der Waals surface area contributed by atoms with Crippen molar-refractivity contribution in [2.75, 3.05) is 31.3 Å². The summed E-state index contributed by atoms with van der Waals surface area (Å²) < 4.78 is 30.0. The molecule has 2 rings (SSSR count). The van der Waals surface area contributed by atoms with Crippen molar-refractivity contribution in [3.63, 3.8) is 0 Å². The molecule has 25 heavy (non-hydrogen) atoms. The maximum absolute atomic E-state index is 12.5. The summed E-state index contributed by atoms with van der Waals surface area (Å²) >= 11 is 5.95. The molecule has 1 unspecified atom stereocenters. The predicted molar refractivity (Wildman–Crippen MR) is 95.2 cm³/mol. The molecule has 0 spiro atoms. The Bertz CT molecular complexity index is 766. The van der Waals surface area contributed by atoms with E-state index < -0.39 is 21.9 Å². The first-order valence-electron chi connectivity index (χ1n) is 7.95. The van der Waals surface area contributed by atoms with E-state index in [0.717, 1.165) is 0 Å². The van der Waals surface area contributed by atoms with Gasteiger partial charge in [0, 0.05) is 18.8 Å². The van der Waals surface area contributed by atoms with Gasteiger partial charge in [0.2, 0.25) is 15.9 Å². The van der Waals surface area contributed by atoms with Gasteiger partial charge in [-0.2, -0.15) is 0 Å². The van der Waals surface area contributed by atoms with Crippen LogP contribution < -0.4 is 5.32 Å². The molecule has 0 aliphatic carbocycles. The molecule has 1 aromatic carbocycles. The quantitative estimate of drug-likeness (QED) is 0.780. The molecule has 1 fully saturated rings. The molecular formula is C16H21ClN2O5S. The highest BCUT2D eigenvalue weighted by Gasteiger charge is 2.31. The number of hydrogen-bond acceptors (Lipinski definition) is 5. The molecule has 1 amide bonds. The van der Waals surface area contributed by atoms with Crippen molar-refractivity contribution in [3.05, 3.63) is 28.8 Å². The van der Waals surface area contributed by atoms with Crippen LogP contribution in [-0.2, 0) is 19.6 Å². The molecule has 9 heteroatoms. The summed E-state index contributed by atoms with van der Waals surface area (Å²) in [5, 5.41) is 2.95. The number of halogens is 1. The monoisotopic (exact) mass is 388 g/mol. The average molecular weight is 389 g/mol. The Morgan fingerprint density at radius 2 is 2.12 bits per heavy atom. The highest BCUT2D eigenvalue weighted by molar-refractivity contribution is 7.89. The number of methoxy groups -OCH3 is 1. The van der Waals surface area contributed by atoms with Crippen molar-refractivity contribution in [1.82, 2.24) is 4.31 Å². The molecule has 1 heterocycles. The molecule has 1 aliphatic rings. The lowest BCUT2D eigenvalue weighted by Crippen LogP contribution is -2.44. The van der Waals surface area contributed by atoms with E-state index in [9.17, 15) is 18.0 Å². The standard InChI is InChI=1S/C16H21ClN2O5S/c1-3-25(22,23)19-8-4-5-11(10-19)15(20)18-12-6-7-14(17)13(9-12)16(21)24-2/h6-7,9,11H,3-5,8,10H2,1-2H3,(H,18,20). The summed E-state index contributed by atoms with van der Waals surface area (Å²) in [6.45, 7) is 2.19. The van der Waals surface area contributed by atoms with Gasteiger partial charge in [0.1, 0.15) is 0 Å². The second-order valence-electron chi connectivity index (χ2n) is 5.77. The first-order chi connectivity index (χ1) is 11.8. The first-order valence-corrected chi connectivity index (χ1v) is 9.93. The Kier molecular flexibility index (Phi) is 6.42. The van der Waals surface area contributed by atoms with Crippen LogP contribution >= 0.6 is 11.6 Å². The van der Waals surface area contributed by atoms with Crippen molar-refractivity contribution in [1.29, 1.82) is 0 Å². The molecule has 7 nitrogen and oxygen atoms in total. The smallest absolute Gasteiger partial charge is 0.339 e. The molecule has 1 atom stereocenters. The molecular weight excluding hydrogens is 368 g/mol. The maximum atomic E-state index is 12.5. The predicted octanol–water partition coefficient (Wildman–Crippen LogP) is 2.13. The van der Waals surface area contributed by atoms with E-state index >= 15 is 0 Å². The molecule has 0 bridgehead atoms. The number of anilines is 1. The molecule has 1 aromatic rings. The summed E-state index contributed by atoms with van der Waals surface area (Å²) in [5.41, 5.74) is 0.561. The Hall–Kier alpha value is -1.64. The number of sulfonamides is 1. The van der Waals surface area contributed by atoms with Crippen LogP contribution in [0, 0.1) is 5.92 Å². The van der Waals surface area contributed by atoms with Crippen LogP contribution in [0.1, 0.15) is 30.1 Å². The lowest BCUT2D eigenvalue weighted by Gasteiger charge is -2.30. The normalized spacial score (nSPS) is 18.6. The number of rotatable bonds is 5. The van der Waals surface area contributed by atoms with Gasteiger partial charge in [-0.1, -0.05) is 11.6 Å². The summed E-state index contributed by atoms with van der Waals surface area (Å²) in [7, 11) is -2.07. The fourth-order valence-electron chi connectivity index (χ4n) is 2.71. The number of benzene rings is 1. The Balaban J connectivity index is 2.10. The van der Waals surface area contributed by atoms with E-state index in [-0.39, 0.29) is 28.8 Å². The minimum Gasteiger partial charge on any atom is -0.465 e. The summed E-state index contributed by atoms with van der Waals surface area (Å²) in [6, 6.07) is 4.52. The van der Waals surface area contributed by atoms with Crippen LogP contribution in [0.5, 0.6) is 0 Å². The van der Waals surface area contributed by atoms with Crippen molar-refractivity contribution in [3.8, 4) is 0 Å². The fourth-order valence-corrected chi connectivity index (χ4v) is 4.08. The minimum atomic E-state index is -3.31. The lowest BCUT2D eigenvalue weighted by atomic mass is 9.98. The topological polar surface area (TPSA) is 92.8 Å². The van der Waals surface area contributed by atoms with Crippen molar-refractivity contribution < 1.29 is 22.7 Å². The third-order valence-electron chi connectivity index (χ3n) is 4.15. The highest BCUT2D eigenvalue weighted by Crippen LogP contribution is 2.24. The molecule has 1 saturated heterocycles. The summed E-state index contributed by atoms with van der Waals surface area (Å²) in [5.74, 6) is -1.30. The molecule has 1 N–H and O–H groups in total. The van der Waals surface area contributed by atoms with E-state index in [1.807, 2.05) is 0 Å². The molecule has 1 aliphatic heterocycles. The van der Waals surface area contributed by atoms with E-state index in [1.54, 1.807) is 13.0 Å². The molecule has 138 valence electrons. The van der Waals surface area contributed by atoms with E-state index in [2.05, 4.69) is 10.1 Å². The van der Waals surface area contributed by atoms with Gasteiger partial charge in [-0.25, -0.2) is 17.5 Å². The van der Waals surface area contributed by atoms with Crippen molar-refractivity contribution in [2.45, 2.75) is 19.8 Å². The van der Waals surface area contributed by atoms with Gasteiger partial charge in [0.05, 0.1) is 29.4 Å². The fraction of sp³-hybridized carbons (Fsp3) is 0.500. The van der Waals surface area contributed by atoms with Crippen LogP contribution in [0.15, 0.2) is 18.2 Å². The van der Waals surface area contributed by atoms with Crippen molar-refractivity contribution in [2.24, 2.45) is 5.92 Å². The third-order valence-corrected chi connectivity index (χ3v) is 6.33. The number of carbonyl (C=O) groups excluding carboxylic acids is 2. The van der Waals surface area contributed by atoms with Gasteiger partial charge in [-0.05, 0) is 38.0 Å². The lowest BCUT2D eigenvalue weighted by molar-refractivity contribution is -0.120. The Morgan fingerprint density at radius 3 is 2.76 bits per heavy atom. The number of amides is 1. The van der Waals surface area contributed by atoms with Gasteiger partial charge in [0.15, 0.2) is 0 Å². The van der Waals surface area contributed by atoms with Crippen LogP contribution in [0.25, 0.3) is 0 Å². The van der Waals surface area contributed by atoms with Gasteiger partial charge < -0.3 is 10.1 Å². The zero-order valence-corrected chi connectivity index (χ0v) is 15.7. The molecule has 0 radical (unpaired) electrons. The van der Waals surface area contributed by atoms with E-state index in [0.29, 0.717) is 25.1 Å². The number of ether oxygens (including phenoxy) is 1. The van der Waals surface area contributed by atoms with Crippen molar-refractivity contribution >= 4 is 39.2 Å². The Morgan fingerprint density at radius 1 is 1.40 bits per heavy atom. The molecule has 0 saturated carbocycles. The van der Waals surface area contributed by atoms with Gasteiger partial charge >= 0.3 is 5.97 Å². The number of hydrogen-bond donors (Lipinski definition) is 1. The van der Waals surface area contributed by atoms with Gasteiger partial charge in [-0.3, -0.25) is 4.79 Å².